The number of carbonyl (C=O) groups is 1. The number of nitriles is 1. The monoisotopic (exact) mass is 481 g/mol. The Morgan fingerprint density at radius 2 is 2.12 bits per heavy atom. The van der Waals surface area contributed by atoms with E-state index in [0.29, 0.717) is 17.0 Å². The van der Waals surface area contributed by atoms with E-state index < -0.39 is 0 Å². The Labute approximate surface area is 169 Å². The summed E-state index contributed by atoms with van der Waals surface area (Å²) < 4.78 is 1.06. The van der Waals surface area contributed by atoms with E-state index in [-0.39, 0.29) is 11.0 Å². The Hall–Kier alpha value is -1.50. The first-order valence-corrected chi connectivity index (χ1v) is 10.2. The Balaban J connectivity index is 1.72. The minimum absolute atomic E-state index is 0.215. The van der Waals surface area contributed by atoms with Crippen molar-refractivity contribution in [1.82, 2.24) is 5.32 Å². The van der Waals surface area contributed by atoms with E-state index in [0.717, 1.165) is 33.4 Å². The van der Waals surface area contributed by atoms with Crippen molar-refractivity contribution >= 4 is 62.2 Å². The van der Waals surface area contributed by atoms with Crippen LogP contribution in [0, 0.1) is 20.8 Å². The van der Waals surface area contributed by atoms with Crippen LogP contribution in [0.4, 0.5) is 5.00 Å². The van der Waals surface area contributed by atoms with Gasteiger partial charge in [0, 0.05) is 14.0 Å². The Bertz CT molecular complexity index is 868. The lowest BCUT2D eigenvalue weighted by atomic mass is 9.89. The normalized spacial score (nSPS) is 15.8. The van der Waals surface area contributed by atoms with Crippen LogP contribution in [0.1, 0.15) is 39.7 Å². The van der Waals surface area contributed by atoms with Gasteiger partial charge in [0.05, 0.1) is 5.56 Å². The average Bonchev–Trinajstić information content (AvgIpc) is 2.90. The molecule has 0 saturated heterocycles. The van der Waals surface area contributed by atoms with Crippen LogP contribution >= 0.6 is 46.1 Å². The summed E-state index contributed by atoms with van der Waals surface area (Å²) in [6, 6.07) is 9.54. The number of fused-ring (bicyclic) bond motifs is 1. The summed E-state index contributed by atoms with van der Waals surface area (Å²) in [6.45, 7) is 2.23. The smallest absolute Gasteiger partial charge is 0.257 e. The molecule has 0 radical (unpaired) electrons. The van der Waals surface area contributed by atoms with E-state index in [2.05, 4.69) is 46.2 Å². The molecule has 7 heteroatoms. The van der Waals surface area contributed by atoms with E-state index in [1.165, 1.54) is 4.88 Å². The van der Waals surface area contributed by atoms with Gasteiger partial charge in [-0.3, -0.25) is 10.1 Å². The fourth-order valence-electron chi connectivity index (χ4n) is 2.87. The van der Waals surface area contributed by atoms with Gasteiger partial charge in [-0.2, -0.15) is 5.26 Å². The number of carbonyl (C=O) groups excluding carboxylic acids is 1. The Morgan fingerprint density at radius 1 is 1.40 bits per heavy atom. The van der Waals surface area contributed by atoms with Crippen molar-refractivity contribution in [1.29, 1.82) is 5.26 Å². The Kier molecular flexibility index (Phi) is 5.71. The van der Waals surface area contributed by atoms with Crippen LogP contribution in [0.3, 0.4) is 0 Å². The number of anilines is 1. The first-order valence-electron chi connectivity index (χ1n) is 7.90. The quantitative estimate of drug-likeness (QED) is 0.491. The molecule has 0 fully saturated rings. The first kappa shape index (κ1) is 18.3. The molecule has 0 aliphatic heterocycles. The molecule has 1 atom stereocenters. The molecule has 1 aliphatic rings. The maximum Gasteiger partial charge on any atom is 0.257 e. The minimum atomic E-state index is -0.262. The summed E-state index contributed by atoms with van der Waals surface area (Å²) in [5.74, 6) is 0.375. The second-order valence-electron chi connectivity index (χ2n) is 6.08. The number of benzene rings is 1. The maximum atomic E-state index is 12.2. The number of thiophene rings is 1. The van der Waals surface area contributed by atoms with Gasteiger partial charge in [-0.1, -0.05) is 6.92 Å². The highest BCUT2D eigenvalue weighted by molar-refractivity contribution is 14.1. The zero-order chi connectivity index (χ0) is 18.0. The van der Waals surface area contributed by atoms with Crippen molar-refractivity contribution in [3.63, 3.8) is 0 Å². The van der Waals surface area contributed by atoms with Crippen LogP contribution in [0.2, 0.25) is 0 Å². The van der Waals surface area contributed by atoms with Crippen LogP contribution in [0.5, 0.6) is 0 Å². The van der Waals surface area contributed by atoms with Crippen molar-refractivity contribution in [2.75, 3.05) is 5.32 Å². The van der Waals surface area contributed by atoms with E-state index in [1.54, 1.807) is 23.5 Å². The van der Waals surface area contributed by atoms with Gasteiger partial charge in [0.15, 0.2) is 5.11 Å². The molecular formula is C18H16IN3OS2. The predicted octanol–water partition coefficient (Wildman–Crippen LogP) is 4.48. The molecule has 4 nitrogen and oxygen atoms in total. The number of halogens is 1. The molecule has 1 aromatic heterocycles. The van der Waals surface area contributed by atoms with E-state index >= 15 is 0 Å². The van der Waals surface area contributed by atoms with Gasteiger partial charge in [-0.05, 0) is 89.8 Å². The number of hydrogen-bond donors (Lipinski definition) is 2. The lowest BCUT2D eigenvalue weighted by Crippen LogP contribution is -2.34. The van der Waals surface area contributed by atoms with E-state index in [1.807, 2.05) is 12.1 Å². The van der Waals surface area contributed by atoms with Crippen molar-refractivity contribution in [3.8, 4) is 6.07 Å². The standard InChI is InChI=1S/C18H16IN3OS2/c1-10-2-7-13-14(9-20)17(25-15(13)8-10)22-18(24)21-16(23)11-3-5-12(19)6-4-11/h3-6,10H,2,7-8H2,1H3,(H2,21,22,23,24). The van der Waals surface area contributed by atoms with Crippen LogP contribution in [0.15, 0.2) is 24.3 Å². The highest BCUT2D eigenvalue weighted by Gasteiger charge is 2.24. The summed E-state index contributed by atoms with van der Waals surface area (Å²) in [5, 5.41) is 16.2. The minimum Gasteiger partial charge on any atom is -0.323 e. The molecule has 128 valence electrons. The zero-order valence-corrected chi connectivity index (χ0v) is 17.3. The van der Waals surface area contributed by atoms with Gasteiger partial charge in [-0.15, -0.1) is 11.3 Å². The molecular weight excluding hydrogens is 465 g/mol. The lowest BCUT2D eigenvalue weighted by Gasteiger charge is -2.17. The molecule has 3 rings (SSSR count). The van der Waals surface area contributed by atoms with Crippen molar-refractivity contribution in [2.45, 2.75) is 26.2 Å². The summed E-state index contributed by atoms with van der Waals surface area (Å²) in [7, 11) is 0. The van der Waals surface area contributed by atoms with Gasteiger partial charge >= 0.3 is 0 Å². The predicted molar refractivity (Wildman–Crippen MR) is 113 cm³/mol. The van der Waals surface area contributed by atoms with Crippen molar-refractivity contribution in [2.24, 2.45) is 5.92 Å². The van der Waals surface area contributed by atoms with Gasteiger partial charge in [-0.25, -0.2) is 0 Å². The third-order valence-electron chi connectivity index (χ3n) is 4.18. The van der Waals surface area contributed by atoms with E-state index in [4.69, 9.17) is 12.2 Å². The Morgan fingerprint density at radius 3 is 2.80 bits per heavy atom. The fourth-order valence-corrected chi connectivity index (χ4v) is 4.85. The number of nitrogens with zero attached hydrogens (tertiary/aromatic N) is 1. The van der Waals surface area contributed by atoms with Crippen LogP contribution in [-0.4, -0.2) is 11.0 Å². The summed E-state index contributed by atoms with van der Waals surface area (Å²) in [4.78, 5) is 13.5. The van der Waals surface area contributed by atoms with Crippen LogP contribution in [0.25, 0.3) is 0 Å². The van der Waals surface area contributed by atoms with Gasteiger partial charge in [0.2, 0.25) is 0 Å². The van der Waals surface area contributed by atoms with Gasteiger partial charge in [0.1, 0.15) is 11.1 Å². The second kappa shape index (κ2) is 7.81. The number of thiocarbonyl (C=S) groups is 1. The number of rotatable bonds is 2. The molecule has 1 aliphatic carbocycles. The van der Waals surface area contributed by atoms with Gasteiger partial charge < -0.3 is 5.32 Å². The molecule has 1 amide bonds. The first-order chi connectivity index (χ1) is 12.0. The molecule has 1 aromatic carbocycles. The molecule has 0 bridgehead atoms. The lowest BCUT2D eigenvalue weighted by molar-refractivity contribution is 0.0977. The molecule has 0 spiro atoms. The fraction of sp³-hybridized carbons (Fsp3) is 0.278. The summed E-state index contributed by atoms with van der Waals surface area (Å²) >= 11 is 9.02. The average molecular weight is 481 g/mol. The largest absolute Gasteiger partial charge is 0.323 e. The topological polar surface area (TPSA) is 64.9 Å². The number of hydrogen-bond acceptors (Lipinski definition) is 4. The molecule has 2 aromatic rings. The SMILES string of the molecule is CC1CCc2c(sc(NC(=S)NC(=O)c3ccc(I)cc3)c2C#N)C1. The molecule has 1 unspecified atom stereocenters. The van der Waals surface area contributed by atoms with Crippen LogP contribution < -0.4 is 10.6 Å². The second-order valence-corrected chi connectivity index (χ2v) is 8.84. The number of nitrogens with one attached hydrogen (secondary N) is 2. The third-order valence-corrected chi connectivity index (χ3v) is 6.28. The number of amides is 1. The van der Waals surface area contributed by atoms with Crippen LogP contribution in [-0.2, 0) is 12.8 Å². The zero-order valence-electron chi connectivity index (χ0n) is 13.6. The van der Waals surface area contributed by atoms with Crippen molar-refractivity contribution < 1.29 is 4.79 Å². The van der Waals surface area contributed by atoms with Crippen molar-refractivity contribution in [3.05, 3.63) is 49.4 Å². The third kappa shape index (κ3) is 4.19. The molecule has 1 heterocycles. The molecule has 25 heavy (non-hydrogen) atoms. The molecule has 0 saturated carbocycles. The highest BCUT2D eigenvalue weighted by Crippen LogP contribution is 2.39. The highest BCUT2D eigenvalue weighted by atomic mass is 127. The summed E-state index contributed by atoms with van der Waals surface area (Å²) in [5.41, 5.74) is 2.35. The maximum absolute atomic E-state index is 12.2. The molecule has 2 N–H and O–H groups in total. The van der Waals surface area contributed by atoms with E-state index in [9.17, 15) is 10.1 Å². The van der Waals surface area contributed by atoms with Gasteiger partial charge in [0.25, 0.3) is 5.91 Å². The summed E-state index contributed by atoms with van der Waals surface area (Å²) in [6.07, 6.45) is 3.03.